The van der Waals surface area contributed by atoms with Gasteiger partial charge in [-0.1, -0.05) is 18.2 Å². The number of guanidine groups is 1. The number of hydrogen-bond donors (Lipinski definition) is 1. The zero-order chi connectivity index (χ0) is 23.2. The summed E-state index contributed by atoms with van der Waals surface area (Å²) < 4.78 is 17.3. The van der Waals surface area contributed by atoms with Crippen LogP contribution in [0.5, 0.6) is 5.75 Å². The van der Waals surface area contributed by atoms with E-state index in [-0.39, 0.29) is 17.8 Å². The van der Waals surface area contributed by atoms with Crippen molar-refractivity contribution in [1.29, 1.82) is 0 Å². The van der Waals surface area contributed by atoms with Crippen LogP contribution >= 0.6 is 0 Å². The first-order valence-corrected chi connectivity index (χ1v) is 11.2. The van der Waals surface area contributed by atoms with E-state index in [1.165, 1.54) is 4.90 Å². The average molecular weight is 450 g/mol. The Morgan fingerprint density at radius 1 is 1.24 bits per heavy atom. The molecule has 1 amide bonds. The standard InChI is InChI=1S/C25H27N3O5/c1-3-32-21(29)18-7-4-6-16(12-18)17-8-9-20-19(13-17)25(22(30)28(2)23(26)27-25)14-24(33-20)10-5-11-31-15-24/h4,6-9,12-13H,3,5,10-11,14-15H2,1-2H3,(H2,26,27)/t24-,25+/m1/s1. The molecule has 2 aromatic carbocycles. The Balaban J connectivity index is 1.62. The number of amides is 1. The van der Waals surface area contributed by atoms with Crippen LogP contribution in [-0.2, 0) is 19.8 Å². The molecule has 1 saturated heterocycles. The zero-order valence-corrected chi connectivity index (χ0v) is 18.8. The van der Waals surface area contributed by atoms with Crippen molar-refractivity contribution >= 4 is 17.8 Å². The lowest BCUT2D eigenvalue weighted by Crippen LogP contribution is -2.55. The number of likely N-dealkylation sites (N-methyl/N-ethyl adjacent to an activating group) is 1. The molecule has 8 nitrogen and oxygen atoms in total. The number of benzene rings is 2. The van der Waals surface area contributed by atoms with E-state index in [1.54, 1.807) is 26.1 Å². The minimum Gasteiger partial charge on any atom is -0.484 e. The highest BCUT2D eigenvalue weighted by molar-refractivity contribution is 6.07. The van der Waals surface area contributed by atoms with Crippen molar-refractivity contribution in [3.63, 3.8) is 0 Å². The number of rotatable bonds is 3. The van der Waals surface area contributed by atoms with Crippen molar-refractivity contribution in [1.82, 2.24) is 4.90 Å². The van der Waals surface area contributed by atoms with Gasteiger partial charge >= 0.3 is 5.97 Å². The molecule has 0 radical (unpaired) electrons. The lowest BCUT2D eigenvalue weighted by molar-refractivity contribution is -0.139. The van der Waals surface area contributed by atoms with Gasteiger partial charge in [-0.25, -0.2) is 9.79 Å². The Morgan fingerprint density at radius 3 is 2.76 bits per heavy atom. The number of carbonyl (C=O) groups is 2. The van der Waals surface area contributed by atoms with Crippen LogP contribution in [0, 0.1) is 0 Å². The van der Waals surface area contributed by atoms with Gasteiger partial charge in [0.25, 0.3) is 5.91 Å². The number of nitrogens with zero attached hydrogens (tertiary/aromatic N) is 2. The lowest BCUT2D eigenvalue weighted by atomic mass is 9.74. The van der Waals surface area contributed by atoms with Crippen molar-refractivity contribution in [2.45, 2.75) is 37.3 Å². The molecule has 3 heterocycles. The summed E-state index contributed by atoms with van der Waals surface area (Å²) in [6.45, 7) is 3.17. The summed E-state index contributed by atoms with van der Waals surface area (Å²) in [4.78, 5) is 31.8. The highest BCUT2D eigenvalue weighted by Gasteiger charge is 2.58. The second-order valence-corrected chi connectivity index (χ2v) is 8.82. The third-order valence-electron chi connectivity index (χ3n) is 6.63. The Labute approximate surface area is 192 Å². The zero-order valence-electron chi connectivity index (χ0n) is 18.8. The predicted molar refractivity (Wildman–Crippen MR) is 122 cm³/mol. The number of ether oxygens (including phenoxy) is 3. The Kier molecular flexibility index (Phi) is 5.12. The first-order chi connectivity index (χ1) is 15.9. The van der Waals surface area contributed by atoms with Crippen LogP contribution in [0.15, 0.2) is 47.5 Å². The largest absolute Gasteiger partial charge is 0.484 e. The SMILES string of the molecule is CCOC(=O)c1cccc(-c2ccc3c(c2)[C@]2(C[C@@]4(CCCOC4)O3)N=C(N)N(C)C2=O)c1. The second kappa shape index (κ2) is 7.88. The predicted octanol–water partition coefficient (Wildman–Crippen LogP) is 2.84. The van der Waals surface area contributed by atoms with Gasteiger partial charge in [-0.05, 0) is 55.2 Å². The van der Waals surface area contributed by atoms with Crippen LogP contribution < -0.4 is 10.5 Å². The molecule has 2 aromatic rings. The summed E-state index contributed by atoms with van der Waals surface area (Å²) in [5, 5.41) is 0. The fourth-order valence-electron chi connectivity index (χ4n) is 5.03. The maximum atomic E-state index is 13.5. The molecule has 0 saturated carbocycles. The summed E-state index contributed by atoms with van der Waals surface area (Å²) in [6.07, 6.45) is 2.00. The van der Waals surface area contributed by atoms with E-state index in [0.29, 0.717) is 43.1 Å². The number of nitrogens with two attached hydrogens (primary N) is 1. The van der Waals surface area contributed by atoms with E-state index >= 15 is 0 Å². The maximum Gasteiger partial charge on any atom is 0.338 e. The van der Waals surface area contributed by atoms with E-state index in [0.717, 1.165) is 24.0 Å². The molecule has 2 N–H and O–H groups in total. The molecule has 0 aliphatic carbocycles. The normalized spacial score (nSPS) is 26.2. The number of esters is 1. The Bertz CT molecular complexity index is 1150. The number of carbonyl (C=O) groups excluding carboxylic acids is 2. The molecule has 3 aliphatic heterocycles. The highest BCUT2D eigenvalue weighted by Crippen LogP contribution is 2.51. The molecule has 172 valence electrons. The van der Waals surface area contributed by atoms with Gasteiger partial charge in [0.15, 0.2) is 11.5 Å². The summed E-state index contributed by atoms with van der Waals surface area (Å²) in [5.74, 6) is 0.250. The number of fused-ring (bicyclic) bond motifs is 2. The third-order valence-corrected chi connectivity index (χ3v) is 6.63. The number of hydrogen-bond acceptors (Lipinski definition) is 7. The Hall–Kier alpha value is -3.39. The molecule has 2 atom stereocenters. The molecule has 0 bridgehead atoms. The van der Waals surface area contributed by atoms with E-state index in [4.69, 9.17) is 24.9 Å². The van der Waals surface area contributed by atoms with Gasteiger partial charge in [0, 0.05) is 25.6 Å². The van der Waals surface area contributed by atoms with Crippen LogP contribution in [0.1, 0.15) is 42.1 Å². The summed E-state index contributed by atoms with van der Waals surface area (Å²) in [7, 11) is 1.64. The smallest absolute Gasteiger partial charge is 0.338 e. The Morgan fingerprint density at radius 2 is 2.06 bits per heavy atom. The fourth-order valence-corrected chi connectivity index (χ4v) is 5.03. The van der Waals surface area contributed by atoms with Crippen LogP contribution in [-0.4, -0.2) is 55.2 Å². The van der Waals surface area contributed by atoms with Crippen LogP contribution in [0.4, 0.5) is 0 Å². The maximum absolute atomic E-state index is 13.5. The van der Waals surface area contributed by atoms with E-state index in [9.17, 15) is 9.59 Å². The lowest BCUT2D eigenvalue weighted by Gasteiger charge is -2.46. The molecule has 0 unspecified atom stereocenters. The van der Waals surface area contributed by atoms with Gasteiger partial charge < -0.3 is 19.9 Å². The second-order valence-electron chi connectivity index (χ2n) is 8.82. The minimum absolute atomic E-state index is 0.174. The summed E-state index contributed by atoms with van der Waals surface area (Å²) >= 11 is 0. The average Bonchev–Trinajstić information content (AvgIpc) is 3.03. The number of aliphatic imine (C=N–C) groups is 1. The van der Waals surface area contributed by atoms with Crippen molar-refractivity contribution in [2.24, 2.45) is 10.7 Å². The first-order valence-electron chi connectivity index (χ1n) is 11.2. The molecule has 0 aromatic heterocycles. The molecular formula is C25H27N3O5. The molecule has 8 heteroatoms. The third kappa shape index (κ3) is 3.45. The van der Waals surface area contributed by atoms with E-state index in [2.05, 4.69) is 0 Å². The van der Waals surface area contributed by atoms with Crippen LogP contribution in [0.3, 0.4) is 0 Å². The minimum atomic E-state index is -1.16. The molecule has 5 rings (SSSR count). The van der Waals surface area contributed by atoms with E-state index in [1.807, 2.05) is 30.3 Å². The topological polar surface area (TPSA) is 103 Å². The van der Waals surface area contributed by atoms with Gasteiger partial charge in [-0.2, -0.15) is 0 Å². The van der Waals surface area contributed by atoms with E-state index < -0.39 is 11.1 Å². The molecule has 1 fully saturated rings. The monoisotopic (exact) mass is 449 g/mol. The van der Waals surface area contributed by atoms with Gasteiger partial charge in [0.2, 0.25) is 0 Å². The first kappa shape index (κ1) is 21.5. The van der Waals surface area contributed by atoms with Crippen LogP contribution in [0.25, 0.3) is 11.1 Å². The summed E-state index contributed by atoms with van der Waals surface area (Å²) in [6, 6.07) is 12.9. The fraction of sp³-hybridized carbons (Fsp3) is 0.400. The van der Waals surface area contributed by atoms with Crippen molar-refractivity contribution in [3.8, 4) is 16.9 Å². The molecular weight excluding hydrogens is 422 g/mol. The molecule has 33 heavy (non-hydrogen) atoms. The summed E-state index contributed by atoms with van der Waals surface area (Å²) in [5.41, 5.74) is 7.14. The molecule has 3 aliphatic rings. The highest BCUT2D eigenvalue weighted by atomic mass is 16.5. The quantitative estimate of drug-likeness (QED) is 0.723. The van der Waals surface area contributed by atoms with Crippen molar-refractivity contribution in [2.75, 3.05) is 26.9 Å². The van der Waals surface area contributed by atoms with Gasteiger partial charge in [-0.3, -0.25) is 9.69 Å². The molecule has 2 spiro atoms. The van der Waals surface area contributed by atoms with Crippen molar-refractivity contribution in [3.05, 3.63) is 53.6 Å². The van der Waals surface area contributed by atoms with Crippen LogP contribution in [0.2, 0.25) is 0 Å². The van der Waals surface area contributed by atoms with Gasteiger partial charge in [-0.15, -0.1) is 0 Å². The van der Waals surface area contributed by atoms with Gasteiger partial charge in [0.1, 0.15) is 11.4 Å². The van der Waals surface area contributed by atoms with Gasteiger partial charge in [0.05, 0.1) is 18.8 Å². The van der Waals surface area contributed by atoms with Crippen molar-refractivity contribution < 1.29 is 23.8 Å².